The van der Waals surface area contributed by atoms with E-state index >= 15 is 0 Å². The molecule has 0 radical (unpaired) electrons. The van der Waals surface area contributed by atoms with Crippen molar-refractivity contribution in [1.82, 2.24) is 5.32 Å². The Morgan fingerprint density at radius 1 is 1.50 bits per heavy atom. The van der Waals surface area contributed by atoms with Gasteiger partial charge in [-0.2, -0.15) is 0 Å². The maximum atomic E-state index is 5.23. The standard InChI is InChI=1S/C7H14N2O/c1-2-6-10-7-5-9-4-3-8/h1,9H,3-8H2. The van der Waals surface area contributed by atoms with E-state index in [0.717, 1.165) is 13.1 Å². The van der Waals surface area contributed by atoms with Crippen LogP contribution in [0.2, 0.25) is 0 Å². The molecular formula is C7H14N2O. The topological polar surface area (TPSA) is 47.3 Å². The summed E-state index contributed by atoms with van der Waals surface area (Å²) in [5.74, 6) is 2.38. The molecule has 10 heavy (non-hydrogen) atoms. The molecule has 0 aromatic rings. The van der Waals surface area contributed by atoms with E-state index in [1.807, 2.05) is 0 Å². The van der Waals surface area contributed by atoms with Gasteiger partial charge in [-0.1, -0.05) is 5.92 Å². The highest BCUT2D eigenvalue weighted by Crippen LogP contribution is 1.69. The second-order valence-corrected chi connectivity index (χ2v) is 1.80. The molecule has 0 heterocycles. The third kappa shape index (κ3) is 7.44. The van der Waals surface area contributed by atoms with Gasteiger partial charge in [0.05, 0.1) is 6.61 Å². The van der Waals surface area contributed by atoms with Crippen LogP contribution in [-0.4, -0.2) is 32.8 Å². The van der Waals surface area contributed by atoms with Crippen LogP contribution in [0.25, 0.3) is 0 Å². The Kier molecular flexibility index (Phi) is 7.97. The Labute approximate surface area is 61.9 Å². The van der Waals surface area contributed by atoms with Crippen LogP contribution < -0.4 is 11.1 Å². The monoisotopic (exact) mass is 142 g/mol. The summed E-state index contributed by atoms with van der Waals surface area (Å²) in [7, 11) is 0. The van der Waals surface area contributed by atoms with Gasteiger partial charge >= 0.3 is 0 Å². The second kappa shape index (κ2) is 8.44. The fourth-order valence-electron chi connectivity index (χ4n) is 0.502. The molecule has 58 valence electrons. The van der Waals surface area contributed by atoms with E-state index in [4.69, 9.17) is 16.9 Å². The van der Waals surface area contributed by atoms with E-state index < -0.39 is 0 Å². The molecule has 3 nitrogen and oxygen atoms in total. The molecule has 0 aliphatic heterocycles. The first kappa shape index (κ1) is 9.44. The summed E-state index contributed by atoms with van der Waals surface area (Å²) in [5.41, 5.74) is 5.23. The minimum atomic E-state index is 0.393. The molecule has 0 unspecified atom stereocenters. The van der Waals surface area contributed by atoms with E-state index in [-0.39, 0.29) is 0 Å². The molecule has 0 fully saturated rings. The van der Waals surface area contributed by atoms with Crippen molar-refractivity contribution in [2.24, 2.45) is 5.73 Å². The van der Waals surface area contributed by atoms with Gasteiger partial charge in [-0.3, -0.25) is 0 Å². The summed E-state index contributed by atoms with van der Waals surface area (Å²) in [4.78, 5) is 0. The summed E-state index contributed by atoms with van der Waals surface area (Å²) in [6, 6.07) is 0. The van der Waals surface area contributed by atoms with Crippen molar-refractivity contribution >= 4 is 0 Å². The summed E-state index contributed by atoms with van der Waals surface area (Å²) in [5, 5.41) is 3.08. The van der Waals surface area contributed by atoms with Gasteiger partial charge in [-0.15, -0.1) is 6.42 Å². The predicted molar refractivity (Wildman–Crippen MR) is 41.6 cm³/mol. The average molecular weight is 142 g/mol. The number of ether oxygens (including phenoxy) is 1. The normalized spacial score (nSPS) is 9.20. The lowest BCUT2D eigenvalue weighted by molar-refractivity contribution is 0.169. The van der Waals surface area contributed by atoms with Gasteiger partial charge < -0.3 is 15.8 Å². The Morgan fingerprint density at radius 2 is 2.30 bits per heavy atom. The maximum absolute atomic E-state index is 5.23. The lowest BCUT2D eigenvalue weighted by Crippen LogP contribution is -2.25. The molecule has 0 saturated carbocycles. The van der Waals surface area contributed by atoms with E-state index in [1.165, 1.54) is 0 Å². The first-order chi connectivity index (χ1) is 4.91. The number of nitrogens with one attached hydrogen (secondary N) is 1. The van der Waals surface area contributed by atoms with Gasteiger partial charge in [-0.05, 0) is 0 Å². The van der Waals surface area contributed by atoms with Gasteiger partial charge in [0.2, 0.25) is 0 Å². The molecule has 0 aliphatic carbocycles. The quantitative estimate of drug-likeness (QED) is 0.376. The van der Waals surface area contributed by atoms with Crippen LogP contribution in [0.1, 0.15) is 0 Å². The molecule has 3 N–H and O–H groups in total. The fraction of sp³-hybridized carbons (Fsp3) is 0.714. The molecule has 0 aromatic heterocycles. The van der Waals surface area contributed by atoms with Crippen molar-refractivity contribution in [3.63, 3.8) is 0 Å². The third-order valence-corrected chi connectivity index (χ3v) is 0.930. The number of rotatable bonds is 6. The zero-order valence-electron chi connectivity index (χ0n) is 6.10. The van der Waals surface area contributed by atoms with Gasteiger partial charge in [0.25, 0.3) is 0 Å². The molecule has 0 aliphatic rings. The molecule has 0 atom stereocenters. The Morgan fingerprint density at radius 3 is 2.90 bits per heavy atom. The number of terminal acetylenes is 1. The number of hydrogen-bond donors (Lipinski definition) is 2. The fourth-order valence-corrected chi connectivity index (χ4v) is 0.502. The first-order valence-electron chi connectivity index (χ1n) is 3.33. The second-order valence-electron chi connectivity index (χ2n) is 1.80. The summed E-state index contributed by atoms with van der Waals surface area (Å²) in [6.45, 7) is 3.36. The van der Waals surface area contributed by atoms with Crippen molar-refractivity contribution in [3.05, 3.63) is 0 Å². The molecular weight excluding hydrogens is 128 g/mol. The molecule has 0 bridgehead atoms. The van der Waals surface area contributed by atoms with Crippen LogP contribution in [0.15, 0.2) is 0 Å². The zero-order chi connectivity index (χ0) is 7.66. The Balaban J connectivity index is 2.72. The maximum Gasteiger partial charge on any atom is 0.107 e. The minimum absolute atomic E-state index is 0.393. The highest BCUT2D eigenvalue weighted by atomic mass is 16.5. The largest absolute Gasteiger partial charge is 0.367 e. The van der Waals surface area contributed by atoms with Crippen molar-refractivity contribution in [2.75, 3.05) is 32.8 Å². The molecule has 0 amide bonds. The lowest BCUT2D eigenvalue weighted by Gasteiger charge is -2.01. The highest BCUT2D eigenvalue weighted by Gasteiger charge is 1.83. The van der Waals surface area contributed by atoms with E-state index in [0.29, 0.717) is 19.8 Å². The number of nitrogens with two attached hydrogens (primary N) is 1. The predicted octanol–water partition coefficient (Wildman–Crippen LogP) is -0.815. The van der Waals surface area contributed by atoms with Crippen LogP contribution in [0, 0.1) is 12.3 Å². The van der Waals surface area contributed by atoms with Crippen molar-refractivity contribution in [3.8, 4) is 12.3 Å². The molecule has 0 spiro atoms. The summed E-state index contributed by atoms with van der Waals surface area (Å²) < 4.78 is 4.99. The van der Waals surface area contributed by atoms with Crippen LogP contribution >= 0.6 is 0 Å². The Bertz CT molecular complexity index is 98.3. The number of hydrogen-bond acceptors (Lipinski definition) is 3. The molecule has 0 saturated heterocycles. The minimum Gasteiger partial charge on any atom is -0.367 e. The first-order valence-corrected chi connectivity index (χ1v) is 3.33. The van der Waals surface area contributed by atoms with Crippen LogP contribution in [0.4, 0.5) is 0 Å². The zero-order valence-corrected chi connectivity index (χ0v) is 6.10. The van der Waals surface area contributed by atoms with Crippen molar-refractivity contribution in [1.29, 1.82) is 0 Å². The van der Waals surface area contributed by atoms with Crippen LogP contribution in [0.3, 0.4) is 0 Å². The van der Waals surface area contributed by atoms with E-state index in [1.54, 1.807) is 0 Å². The SMILES string of the molecule is C#CCOCCNCCN. The van der Waals surface area contributed by atoms with Gasteiger partial charge in [0, 0.05) is 19.6 Å². The van der Waals surface area contributed by atoms with Crippen LogP contribution in [-0.2, 0) is 4.74 Å². The van der Waals surface area contributed by atoms with Gasteiger partial charge in [-0.25, -0.2) is 0 Å². The smallest absolute Gasteiger partial charge is 0.107 e. The third-order valence-electron chi connectivity index (χ3n) is 0.930. The lowest BCUT2D eigenvalue weighted by atomic mass is 10.6. The van der Waals surface area contributed by atoms with Gasteiger partial charge in [0.1, 0.15) is 6.61 Å². The molecule has 0 aromatic carbocycles. The van der Waals surface area contributed by atoms with Crippen LogP contribution in [0.5, 0.6) is 0 Å². The van der Waals surface area contributed by atoms with Crippen molar-refractivity contribution in [2.45, 2.75) is 0 Å². The van der Waals surface area contributed by atoms with Gasteiger partial charge in [0.15, 0.2) is 0 Å². The van der Waals surface area contributed by atoms with Crippen molar-refractivity contribution < 1.29 is 4.74 Å². The Hall–Kier alpha value is -0.560. The van der Waals surface area contributed by atoms with E-state index in [2.05, 4.69) is 11.2 Å². The highest BCUT2D eigenvalue weighted by molar-refractivity contribution is 4.82. The molecule has 3 heteroatoms. The summed E-state index contributed by atoms with van der Waals surface area (Å²) >= 11 is 0. The van der Waals surface area contributed by atoms with E-state index in [9.17, 15) is 0 Å². The molecule has 0 rings (SSSR count). The average Bonchev–Trinajstić information content (AvgIpc) is 1.97. The summed E-state index contributed by atoms with van der Waals surface area (Å²) in [6.07, 6.45) is 4.95.